The summed E-state index contributed by atoms with van der Waals surface area (Å²) in [6, 6.07) is 4.03. The maximum atomic E-state index is 13.5. The van der Waals surface area contributed by atoms with Gasteiger partial charge in [0.1, 0.15) is 6.17 Å². The van der Waals surface area contributed by atoms with E-state index in [0.29, 0.717) is 11.5 Å². The first kappa shape index (κ1) is 11.9. The van der Waals surface area contributed by atoms with E-state index in [2.05, 4.69) is 16.4 Å². The highest BCUT2D eigenvalue weighted by Gasteiger charge is 2.17. The van der Waals surface area contributed by atoms with E-state index in [1.807, 2.05) is 12.1 Å². The van der Waals surface area contributed by atoms with E-state index in [9.17, 15) is 4.39 Å². The summed E-state index contributed by atoms with van der Waals surface area (Å²) in [7, 11) is 0. The Morgan fingerprint density at radius 1 is 1.39 bits per heavy atom. The van der Waals surface area contributed by atoms with Crippen molar-refractivity contribution in [2.45, 2.75) is 25.6 Å². The van der Waals surface area contributed by atoms with Crippen molar-refractivity contribution < 1.29 is 4.39 Å². The van der Waals surface area contributed by atoms with E-state index in [-0.39, 0.29) is 0 Å². The van der Waals surface area contributed by atoms with E-state index in [0.717, 1.165) is 36.5 Å². The van der Waals surface area contributed by atoms with Crippen molar-refractivity contribution in [2.75, 3.05) is 6.54 Å². The number of nitrogens with zero attached hydrogens (tertiary/aromatic N) is 1. The molecule has 0 aromatic carbocycles. The van der Waals surface area contributed by atoms with Crippen LogP contribution >= 0.6 is 11.6 Å². The lowest BCUT2D eigenvalue weighted by Gasteiger charge is -2.19. The van der Waals surface area contributed by atoms with Gasteiger partial charge in [-0.1, -0.05) is 17.7 Å². The third-order valence-electron chi connectivity index (χ3n) is 3.32. The fraction of sp³-hybridized carbons (Fsp3) is 0.357. The summed E-state index contributed by atoms with van der Waals surface area (Å²) < 4.78 is 13.5. The van der Waals surface area contributed by atoms with E-state index in [4.69, 9.17) is 11.6 Å². The van der Waals surface area contributed by atoms with Crippen molar-refractivity contribution in [2.24, 2.45) is 0 Å². The summed E-state index contributed by atoms with van der Waals surface area (Å²) in [5, 5.41) is 3.77. The first-order valence-corrected chi connectivity index (χ1v) is 6.52. The van der Waals surface area contributed by atoms with Crippen molar-refractivity contribution in [1.29, 1.82) is 0 Å². The Balaban J connectivity index is 1.95. The third kappa shape index (κ3) is 2.33. The van der Waals surface area contributed by atoms with Crippen LogP contribution in [0.2, 0.25) is 0 Å². The van der Waals surface area contributed by atoms with Crippen LogP contribution in [0.25, 0.3) is 5.57 Å². The van der Waals surface area contributed by atoms with E-state index in [1.54, 1.807) is 0 Å². The van der Waals surface area contributed by atoms with Gasteiger partial charge >= 0.3 is 0 Å². The molecule has 2 aliphatic rings. The van der Waals surface area contributed by atoms with Crippen molar-refractivity contribution in [3.8, 4) is 0 Å². The molecular weight excluding hydrogens is 251 g/mol. The first-order chi connectivity index (χ1) is 8.72. The minimum Gasteiger partial charge on any atom is -0.312 e. The van der Waals surface area contributed by atoms with Crippen LogP contribution in [0, 0.1) is 0 Å². The highest BCUT2D eigenvalue weighted by molar-refractivity contribution is 6.31. The molecule has 2 nitrogen and oxygen atoms in total. The van der Waals surface area contributed by atoms with Crippen LogP contribution in [0.5, 0.6) is 0 Å². The van der Waals surface area contributed by atoms with Crippen LogP contribution in [0.15, 0.2) is 29.3 Å². The molecule has 4 heteroatoms. The highest BCUT2D eigenvalue weighted by atomic mass is 35.5. The minimum atomic E-state index is -1.00. The molecule has 1 N–H and O–H groups in total. The predicted molar refractivity (Wildman–Crippen MR) is 71.1 cm³/mol. The molecule has 1 aromatic heterocycles. The molecule has 1 aliphatic heterocycles. The minimum absolute atomic E-state index is 0.361. The second-order valence-corrected chi connectivity index (χ2v) is 5.11. The van der Waals surface area contributed by atoms with E-state index >= 15 is 0 Å². The van der Waals surface area contributed by atoms with Crippen molar-refractivity contribution in [3.05, 3.63) is 46.3 Å². The second kappa shape index (κ2) is 4.82. The predicted octanol–water partition coefficient (Wildman–Crippen LogP) is 2.98. The SMILES string of the molecule is FC1C=C(Cl)C=C(c2ccc3c(n2)CCNC3)C1. The summed E-state index contributed by atoms with van der Waals surface area (Å²) in [5.41, 5.74) is 4.09. The largest absolute Gasteiger partial charge is 0.312 e. The topological polar surface area (TPSA) is 24.9 Å². The molecule has 0 bridgehead atoms. The molecular formula is C14H14ClFN2. The quantitative estimate of drug-likeness (QED) is 0.844. The molecule has 0 spiro atoms. The third-order valence-corrected chi connectivity index (χ3v) is 3.55. The fourth-order valence-corrected chi connectivity index (χ4v) is 2.68. The Kier molecular flexibility index (Phi) is 3.18. The Bertz CT molecular complexity index is 537. The molecule has 0 amide bonds. The molecule has 0 saturated carbocycles. The van der Waals surface area contributed by atoms with Gasteiger partial charge in [0.05, 0.1) is 5.69 Å². The first-order valence-electron chi connectivity index (χ1n) is 6.14. The average molecular weight is 265 g/mol. The maximum absolute atomic E-state index is 13.5. The van der Waals surface area contributed by atoms with Crippen LogP contribution in [-0.2, 0) is 13.0 Å². The van der Waals surface area contributed by atoms with Gasteiger partial charge in [-0.15, -0.1) is 0 Å². The van der Waals surface area contributed by atoms with Crippen LogP contribution in [-0.4, -0.2) is 17.7 Å². The van der Waals surface area contributed by atoms with Gasteiger partial charge in [0, 0.05) is 36.7 Å². The number of hydrogen-bond donors (Lipinski definition) is 1. The summed E-state index contributed by atoms with van der Waals surface area (Å²) in [5.74, 6) is 0. The number of nitrogens with one attached hydrogen (secondary N) is 1. The summed E-state index contributed by atoms with van der Waals surface area (Å²) in [6.07, 6.45) is 3.54. The average Bonchev–Trinajstić information content (AvgIpc) is 2.37. The van der Waals surface area contributed by atoms with E-state index in [1.165, 1.54) is 11.6 Å². The molecule has 18 heavy (non-hydrogen) atoms. The molecule has 1 unspecified atom stereocenters. The van der Waals surface area contributed by atoms with Gasteiger partial charge in [0.15, 0.2) is 0 Å². The molecule has 1 aromatic rings. The van der Waals surface area contributed by atoms with Crippen molar-refractivity contribution in [1.82, 2.24) is 10.3 Å². The van der Waals surface area contributed by atoms with Gasteiger partial charge in [-0.25, -0.2) is 4.39 Å². The molecule has 94 valence electrons. The Morgan fingerprint density at radius 2 is 2.28 bits per heavy atom. The molecule has 0 fully saturated rings. The highest BCUT2D eigenvalue weighted by Crippen LogP contribution is 2.29. The van der Waals surface area contributed by atoms with Gasteiger partial charge in [0.2, 0.25) is 0 Å². The number of halogens is 2. The number of alkyl halides is 1. The van der Waals surface area contributed by atoms with Crippen LogP contribution < -0.4 is 5.32 Å². The number of rotatable bonds is 1. The van der Waals surface area contributed by atoms with Gasteiger partial charge < -0.3 is 5.32 Å². The molecule has 3 rings (SSSR count). The smallest absolute Gasteiger partial charge is 0.124 e. The fourth-order valence-electron chi connectivity index (χ4n) is 2.41. The van der Waals surface area contributed by atoms with Crippen LogP contribution in [0.4, 0.5) is 4.39 Å². The van der Waals surface area contributed by atoms with Gasteiger partial charge in [-0.05, 0) is 29.4 Å². The Morgan fingerprint density at radius 3 is 3.11 bits per heavy atom. The molecule has 1 aliphatic carbocycles. The molecule has 1 atom stereocenters. The van der Waals surface area contributed by atoms with Crippen LogP contribution in [0.1, 0.15) is 23.4 Å². The number of allylic oxidation sites excluding steroid dienone is 4. The maximum Gasteiger partial charge on any atom is 0.124 e. The second-order valence-electron chi connectivity index (χ2n) is 4.67. The lowest BCUT2D eigenvalue weighted by Crippen LogP contribution is -2.24. The van der Waals surface area contributed by atoms with Crippen LogP contribution in [0.3, 0.4) is 0 Å². The van der Waals surface area contributed by atoms with E-state index < -0.39 is 6.17 Å². The molecule has 2 heterocycles. The zero-order chi connectivity index (χ0) is 12.5. The Labute approximate surface area is 111 Å². The lowest BCUT2D eigenvalue weighted by atomic mass is 9.98. The molecule has 0 radical (unpaired) electrons. The number of aromatic nitrogens is 1. The van der Waals surface area contributed by atoms with Crippen molar-refractivity contribution in [3.63, 3.8) is 0 Å². The summed E-state index contributed by atoms with van der Waals surface area (Å²) in [6.45, 7) is 1.82. The monoisotopic (exact) mass is 264 g/mol. The molecule has 0 saturated heterocycles. The number of hydrogen-bond acceptors (Lipinski definition) is 2. The van der Waals surface area contributed by atoms with Gasteiger partial charge in [0.25, 0.3) is 0 Å². The van der Waals surface area contributed by atoms with Gasteiger partial charge in [-0.3, -0.25) is 4.98 Å². The summed E-state index contributed by atoms with van der Waals surface area (Å²) in [4.78, 5) is 4.65. The normalized spacial score (nSPS) is 23.1. The lowest BCUT2D eigenvalue weighted by molar-refractivity contribution is 0.405. The zero-order valence-corrected chi connectivity index (χ0v) is 10.7. The standard InChI is InChI=1S/C14H14ClFN2/c15-11-5-10(6-12(16)7-11)13-2-1-9-8-17-4-3-14(9)18-13/h1-2,5,7,12,17H,3-4,6,8H2. The summed E-state index contributed by atoms with van der Waals surface area (Å²) >= 11 is 5.91. The van der Waals surface area contributed by atoms with Gasteiger partial charge in [-0.2, -0.15) is 0 Å². The Hall–Kier alpha value is -1.19. The number of fused-ring (bicyclic) bond motifs is 1. The zero-order valence-electron chi connectivity index (χ0n) is 9.92. The van der Waals surface area contributed by atoms with Crippen molar-refractivity contribution >= 4 is 17.2 Å². The number of pyridine rings is 1.